The third-order valence-electron chi connectivity index (χ3n) is 11.2. The highest BCUT2D eigenvalue weighted by Gasteiger charge is 2.32. The molecule has 0 fully saturated rings. The second-order valence-corrected chi connectivity index (χ2v) is 15.3. The van der Waals surface area contributed by atoms with Crippen LogP contribution in [0.15, 0.2) is 190 Å². The number of allylic oxidation sites excluding steroid dienone is 7. The lowest BCUT2D eigenvalue weighted by Crippen LogP contribution is -2.46. The summed E-state index contributed by atoms with van der Waals surface area (Å²) >= 11 is 0. The van der Waals surface area contributed by atoms with E-state index in [9.17, 15) is 0 Å². The van der Waals surface area contributed by atoms with E-state index in [1.807, 2.05) is 55.2 Å². The number of amidine groups is 1. The van der Waals surface area contributed by atoms with Gasteiger partial charge in [-0.15, -0.1) is 0 Å². The van der Waals surface area contributed by atoms with Gasteiger partial charge in [0.15, 0.2) is 5.82 Å². The molecule has 296 valence electrons. The molecule has 7 heterocycles. The molecule has 5 aliphatic heterocycles. The molecule has 60 heavy (non-hydrogen) atoms. The number of nitrogens with one attached hydrogen (secondary N) is 5. The Morgan fingerprint density at radius 3 is 2.38 bits per heavy atom. The molecule has 0 spiro atoms. The van der Waals surface area contributed by atoms with Crippen LogP contribution in [0.5, 0.6) is 0 Å². The Balaban J connectivity index is 1.12. The van der Waals surface area contributed by atoms with Crippen molar-refractivity contribution in [2.45, 2.75) is 37.4 Å². The number of benzene rings is 2. The first-order chi connectivity index (χ1) is 29.7. The molecule has 11 heteroatoms. The summed E-state index contributed by atoms with van der Waals surface area (Å²) in [5, 5.41) is 18.4. The zero-order valence-corrected chi connectivity index (χ0v) is 33.0. The molecule has 2 aromatic carbocycles. The number of nitrogens with zero attached hydrogens (tertiary/aromatic N) is 6. The zero-order valence-electron chi connectivity index (χ0n) is 33.0. The normalized spacial score (nSPS) is 24.1. The van der Waals surface area contributed by atoms with Crippen LogP contribution in [0.25, 0.3) is 22.6 Å². The Kier molecular flexibility index (Phi) is 10.5. The lowest BCUT2D eigenvalue weighted by molar-refractivity contribution is 0.407. The molecule has 0 bridgehead atoms. The van der Waals surface area contributed by atoms with Crippen LogP contribution < -0.4 is 26.6 Å². The minimum atomic E-state index is -0.454. The Morgan fingerprint density at radius 1 is 0.733 bits per heavy atom. The van der Waals surface area contributed by atoms with E-state index < -0.39 is 6.17 Å². The fourth-order valence-electron chi connectivity index (χ4n) is 8.31. The molecule has 11 nitrogen and oxygen atoms in total. The second kappa shape index (κ2) is 16.9. The van der Waals surface area contributed by atoms with Crippen molar-refractivity contribution in [1.82, 2.24) is 41.5 Å². The van der Waals surface area contributed by atoms with Crippen LogP contribution in [0.1, 0.15) is 53.6 Å². The van der Waals surface area contributed by atoms with Gasteiger partial charge in [-0.25, -0.2) is 15.0 Å². The smallest absolute Gasteiger partial charge is 0.159 e. The Labute approximate surface area is 349 Å². The summed E-state index contributed by atoms with van der Waals surface area (Å²) in [6.45, 7) is 1.57. The van der Waals surface area contributed by atoms with Crippen molar-refractivity contribution in [1.29, 1.82) is 0 Å². The average molecular weight is 788 g/mol. The number of dihydropyridines is 3. The van der Waals surface area contributed by atoms with Gasteiger partial charge in [-0.05, 0) is 132 Å². The van der Waals surface area contributed by atoms with Crippen molar-refractivity contribution in [3.8, 4) is 22.6 Å². The highest BCUT2D eigenvalue weighted by atomic mass is 15.3. The van der Waals surface area contributed by atoms with E-state index in [-0.39, 0.29) is 24.3 Å². The minimum Gasteiger partial charge on any atom is -0.384 e. The van der Waals surface area contributed by atoms with Gasteiger partial charge in [-0.1, -0.05) is 48.6 Å². The molecule has 1 aliphatic carbocycles. The van der Waals surface area contributed by atoms with Crippen molar-refractivity contribution in [2.75, 3.05) is 13.1 Å². The van der Waals surface area contributed by atoms with Gasteiger partial charge in [0.25, 0.3) is 0 Å². The number of hydrogen-bond acceptors (Lipinski definition) is 11. The topological polar surface area (TPSA) is 136 Å². The minimum absolute atomic E-state index is 0.0334. The van der Waals surface area contributed by atoms with Crippen LogP contribution in [0, 0.1) is 5.92 Å². The van der Waals surface area contributed by atoms with Crippen molar-refractivity contribution in [3.05, 3.63) is 198 Å². The highest BCUT2D eigenvalue weighted by molar-refractivity contribution is 6.10. The molecule has 0 saturated carbocycles. The summed E-state index contributed by atoms with van der Waals surface area (Å²) in [5.74, 6) is 1.60. The van der Waals surface area contributed by atoms with E-state index in [0.29, 0.717) is 5.82 Å². The third-order valence-corrected chi connectivity index (χ3v) is 11.2. The SMILES string of the molecule is C1=CCNC(C2C=C(C3C=CC=CN3)C=C(C3=NC(c4cc(-c5ncccn5)cc(C5N=CC=CN5)c4)NC(c4cc(C5=NCCC=C5)cc(-c5ccccn5)c4)N3)C2)=C1. The van der Waals surface area contributed by atoms with E-state index in [1.54, 1.807) is 12.4 Å². The fraction of sp³-hybridized carbons (Fsp3) is 0.184. The van der Waals surface area contributed by atoms with Crippen LogP contribution in [0.4, 0.5) is 0 Å². The van der Waals surface area contributed by atoms with E-state index in [0.717, 1.165) is 82.1 Å². The molecule has 5 atom stereocenters. The second-order valence-electron chi connectivity index (χ2n) is 15.3. The number of aliphatic imine (C=N–C) groups is 3. The monoisotopic (exact) mass is 787 g/mol. The molecule has 5 unspecified atom stereocenters. The van der Waals surface area contributed by atoms with E-state index in [1.165, 1.54) is 11.3 Å². The van der Waals surface area contributed by atoms with E-state index in [2.05, 4.69) is 134 Å². The summed E-state index contributed by atoms with van der Waals surface area (Å²) in [4.78, 5) is 29.3. The molecular weight excluding hydrogens is 743 g/mol. The van der Waals surface area contributed by atoms with Crippen LogP contribution in [0.3, 0.4) is 0 Å². The van der Waals surface area contributed by atoms with Gasteiger partial charge in [0.05, 0.1) is 17.4 Å². The first-order valence-corrected chi connectivity index (χ1v) is 20.6. The molecule has 2 aromatic heterocycles. The summed E-state index contributed by atoms with van der Waals surface area (Å²) in [7, 11) is 0. The number of hydrogen-bond donors (Lipinski definition) is 5. The van der Waals surface area contributed by atoms with Crippen molar-refractivity contribution in [2.24, 2.45) is 20.9 Å². The fourth-order valence-corrected chi connectivity index (χ4v) is 8.31. The lowest BCUT2D eigenvalue weighted by Gasteiger charge is -2.36. The van der Waals surface area contributed by atoms with Crippen LogP contribution in [0.2, 0.25) is 0 Å². The average Bonchev–Trinajstić information content (AvgIpc) is 3.35. The van der Waals surface area contributed by atoms with Gasteiger partial charge in [-0.2, -0.15) is 0 Å². The Hall–Kier alpha value is -7.24. The Bertz CT molecular complexity index is 2610. The summed E-state index contributed by atoms with van der Waals surface area (Å²) < 4.78 is 0. The van der Waals surface area contributed by atoms with Crippen molar-refractivity contribution < 1.29 is 0 Å². The van der Waals surface area contributed by atoms with Gasteiger partial charge in [0, 0.05) is 66.2 Å². The summed E-state index contributed by atoms with van der Waals surface area (Å²) in [6, 6.07) is 21.0. The molecule has 0 radical (unpaired) electrons. The van der Waals surface area contributed by atoms with Crippen molar-refractivity contribution >= 4 is 17.8 Å². The van der Waals surface area contributed by atoms with Gasteiger partial charge >= 0.3 is 0 Å². The lowest BCUT2D eigenvalue weighted by atomic mass is 9.84. The largest absolute Gasteiger partial charge is 0.384 e. The molecule has 5 N–H and O–H groups in total. The molecule has 0 amide bonds. The van der Waals surface area contributed by atoms with Crippen molar-refractivity contribution in [3.63, 3.8) is 0 Å². The predicted octanol–water partition coefficient (Wildman–Crippen LogP) is 7.39. The standard InChI is InChI=1S/C49H45N11/c1-5-15-50-41(11-1)32-23-33(42-12-2-6-16-51-42)26-38(25-32)47-58-48(39-27-34(43-13-3-7-17-52-43)24-35(28-39)44-14-4-8-18-53-44)60-49(59-47)40-30-36(45-54-19-9-20-55-45)29-37(31-40)46-56-21-10-22-57-46/h1-7,9-15,17,19-25,27-31,33,41,45,48-51,54,60H,8,16,18,26H2,(H,58,59). The van der Waals surface area contributed by atoms with E-state index in [4.69, 9.17) is 20.0 Å². The first kappa shape index (κ1) is 37.1. The van der Waals surface area contributed by atoms with Crippen LogP contribution in [-0.4, -0.2) is 51.8 Å². The predicted molar refractivity (Wildman–Crippen MR) is 240 cm³/mol. The number of rotatable bonds is 9. The quantitative estimate of drug-likeness (QED) is 0.119. The number of aromatic nitrogens is 3. The maximum absolute atomic E-state index is 5.56. The Morgan fingerprint density at radius 2 is 1.60 bits per heavy atom. The van der Waals surface area contributed by atoms with Gasteiger partial charge in [0.2, 0.25) is 0 Å². The van der Waals surface area contributed by atoms with Gasteiger partial charge < -0.3 is 21.3 Å². The molecule has 4 aromatic rings. The van der Waals surface area contributed by atoms with Crippen LogP contribution >= 0.6 is 0 Å². The number of pyridine rings is 1. The summed E-state index contributed by atoms with van der Waals surface area (Å²) in [5.41, 5.74) is 11.3. The molecule has 6 aliphatic rings. The summed E-state index contributed by atoms with van der Waals surface area (Å²) in [6.07, 6.45) is 35.5. The zero-order chi connectivity index (χ0) is 40.1. The maximum atomic E-state index is 5.56. The first-order valence-electron chi connectivity index (χ1n) is 20.6. The molecular formula is C49H45N11. The highest BCUT2D eigenvalue weighted by Crippen LogP contribution is 2.36. The molecule has 10 rings (SSSR count). The third kappa shape index (κ3) is 8.07. The van der Waals surface area contributed by atoms with E-state index >= 15 is 0 Å². The van der Waals surface area contributed by atoms with Gasteiger partial charge in [-0.3, -0.25) is 20.3 Å². The molecule has 0 saturated heterocycles. The van der Waals surface area contributed by atoms with Crippen LogP contribution in [-0.2, 0) is 0 Å². The maximum Gasteiger partial charge on any atom is 0.159 e. The van der Waals surface area contributed by atoms with Gasteiger partial charge in [0.1, 0.15) is 24.3 Å².